The van der Waals surface area contributed by atoms with E-state index in [1.165, 1.54) is 5.56 Å². The summed E-state index contributed by atoms with van der Waals surface area (Å²) in [7, 11) is 0. The molecule has 0 spiro atoms. The summed E-state index contributed by atoms with van der Waals surface area (Å²) in [5.41, 5.74) is 3.27. The highest BCUT2D eigenvalue weighted by Crippen LogP contribution is 2.33. The summed E-state index contributed by atoms with van der Waals surface area (Å²) in [6, 6.07) is 15.7. The van der Waals surface area contributed by atoms with E-state index in [9.17, 15) is 9.59 Å². The van der Waals surface area contributed by atoms with Crippen molar-refractivity contribution in [2.45, 2.75) is 92.4 Å². The van der Waals surface area contributed by atoms with Gasteiger partial charge in [0.1, 0.15) is 18.5 Å². The lowest BCUT2D eigenvalue weighted by molar-refractivity contribution is -0.146. The van der Waals surface area contributed by atoms with E-state index >= 15 is 0 Å². The summed E-state index contributed by atoms with van der Waals surface area (Å²) in [5.74, 6) is 1.41. The number of unbranched alkanes of at least 4 members (excludes halogenated alkanes) is 1. The first-order valence-corrected chi connectivity index (χ1v) is 14.6. The number of hydrogen-bond donors (Lipinski definition) is 1. The monoisotopic (exact) mass is 537 g/mol. The van der Waals surface area contributed by atoms with Crippen LogP contribution in [-0.2, 0) is 27.3 Å². The number of cyclic esters (lactones) is 1. The minimum absolute atomic E-state index is 0.155. The molecule has 1 amide bonds. The molecule has 6 nitrogen and oxygen atoms in total. The maximum atomic E-state index is 12.9. The Balaban J connectivity index is 1.74. The van der Waals surface area contributed by atoms with E-state index in [1.807, 2.05) is 44.2 Å². The smallest absolute Gasteiger partial charge is 0.407 e. The number of carbonyl (C=O) groups excluding carboxylic acids is 2. The number of alkyl carbamates (subject to hydrolysis) is 1. The molecule has 1 fully saturated rings. The molecule has 1 aliphatic rings. The molecule has 214 valence electrons. The molecule has 0 unspecified atom stereocenters. The van der Waals surface area contributed by atoms with Crippen molar-refractivity contribution >= 4 is 12.1 Å². The van der Waals surface area contributed by atoms with Crippen LogP contribution in [-0.4, -0.2) is 30.8 Å². The number of nitrogens with one attached hydrogen (secondary N) is 1. The van der Waals surface area contributed by atoms with Crippen LogP contribution in [0.2, 0.25) is 0 Å². The van der Waals surface area contributed by atoms with Crippen molar-refractivity contribution in [2.24, 2.45) is 23.7 Å². The number of benzene rings is 2. The highest BCUT2D eigenvalue weighted by molar-refractivity contribution is 5.75. The van der Waals surface area contributed by atoms with Crippen molar-refractivity contribution in [3.05, 3.63) is 65.2 Å². The molecule has 2 aromatic rings. The first kappa shape index (κ1) is 30.5. The normalized spacial score (nSPS) is 18.6. The van der Waals surface area contributed by atoms with E-state index < -0.39 is 6.09 Å². The highest BCUT2D eigenvalue weighted by atomic mass is 16.6. The zero-order chi connectivity index (χ0) is 28.4. The maximum absolute atomic E-state index is 12.9. The molecular weight excluding hydrogens is 490 g/mol. The molecule has 1 heterocycles. The van der Waals surface area contributed by atoms with E-state index in [2.05, 4.69) is 51.2 Å². The Bertz CT molecular complexity index is 1050. The topological polar surface area (TPSA) is 73.9 Å². The molecule has 39 heavy (non-hydrogen) atoms. The minimum atomic E-state index is -0.489. The van der Waals surface area contributed by atoms with Gasteiger partial charge in [-0.15, -0.1) is 0 Å². The molecule has 3 rings (SSSR count). The number of amides is 1. The lowest BCUT2D eigenvalue weighted by atomic mass is 9.81. The Labute approximate surface area is 234 Å². The largest absolute Gasteiger partial charge is 0.493 e. The fraction of sp³-hybridized carbons (Fsp3) is 0.576. The van der Waals surface area contributed by atoms with Crippen molar-refractivity contribution in [3.63, 3.8) is 0 Å². The zero-order valence-electron chi connectivity index (χ0n) is 24.6. The Morgan fingerprint density at radius 1 is 1.08 bits per heavy atom. The summed E-state index contributed by atoms with van der Waals surface area (Å²) in [4.78, 5) is 25.5. The van der Waals surface area contributed by atoms with Crippen molar-refractivity contribution in [1.82, 2.24) is 5.32 Å². The van der Waals surface area contributed by atoms with Gasteiger partial charge in [-0.25, -0.2) is 4.79 Å². The highest BCUT2D eigenvalue weighted by Gasteiger charge is 2.41. The average Bonchev–Trinajstić information content (AvgIpc) is 3.30. The molecule has 4 atom stereocenters. The molecule has 0 aromatic heterocycles. The molecule has 0 radical (unpaired) electrons. The Kier molecular flexibility index (Phi) is 11.7. The minimum Gasteiger partial charge on any atom is -0.493 e. The predicted octanol–water partition coefficient (Wildman–Crippen LogP) is 7.26. The van der Waals surface area contributed by atoms with Gasteiger partial charge in [-0.2, -0.15) is 0 Å². The van der Waals surface area contributed by atoms with E-state index in [-0.39, 0.29) is 42.5 Å². The van der Waals surface area contributed by atoms with Crippen molar-refractivity contribution < 1.29 is 23.8 Å². The maximum Gasteiger partial charge on any atom is 0.407 e. The zero-order valence-corrected chi connectivity index (χ0v) is 24.6. The molecule has 6 heteroatoms. The van der Waals surface area contributed by atoms with Gasteiger partial charge in [0.25, 0.3) is 0 Å². The van der Waals surface area contributed by atoms with Crippen LogP contribution in [0.25, 0.3) is 0 Å². The van der Waals surface area contributed by atoms with E-state index in [0.29, 0.717) is 18.8 Å². The second-order valence-electron chi connectivity index (χ2n) is 11.6. The van der Waals surface area contributed by atoms with Gasteiger partial charge in [-0.05, 0) is 73.1 Å². The van der Waals surface area contributed by atoms with Gasteiger partial charge < -0.3 is 19.5 Å². The summed E-state index contributed by atoms with van der Waals surface area (Å²) in [6.45, 7) is 13.6. The lowest BCUT2D eigenvalue weighted by Crippen LogP contribution is -2.45. The first-order chi connectivity index (χ1) is 18.7. The Hall–Kier alpha value is -3.02. The van der Waals surface area contributed by atoms with Gasteiger partial charge in [0.2, 0.25) is 0 Å². The fourth-order valence-electron chi connectivity index (χ4n) is 5.12. The number of aryl methyl sites for hydroxylation is 1. The second kappa shape index (κ2) is 14.9. The van der Waals surface area contributed by atoms with Crippen LogP contribution in [0.15, 0.2) is 48.5 Å². The molecule has 0 bridgehead atoms. The SMILES string of the molecule is CCCCOc1cc(C[C@@H](C[C@H](NC(=O)OCc2ccccc2)[C@@H]2C[C@@H](C(C)C)C(=O)O2)C(C)C)ccc1C. The third kappa shape index (κ3) is 9.29. The van der Waals surface area contributed by atoms with Gasteiger partial charge in [-0.1, -0.05) is 83.5 Å². The van der Waals surface area contributed by atoms with Gasteiger partial charge in [0.05, 0.1) is 18.6 Å². The van der Waals surface area contributed by atoms with Crippen LogP contribution in [0.3, 0.4) is 0 Å². The van der Waals surface area contributed by atoms with Crippen molar-refractivity contribution in [2.75, 3.05) is 6.61 Å². The molecule has 0 aliphatic carbocycles. The Morgan fingerprint density at radius 3 is 2.46 bits per heavy atom. The quantitative estimate of drug-likeness (QED) is 0.203. The van der Waals surface area contributed by atoms with Crippen LogP contribution in [0, 0.1) is 30.6 Å². The van der Waals surface area contributed by atoms with Crippen LogP contribution in [0.4, 0.5) is 4.79 Å². The third-order valence-electron chi connectivity index (χ3n) is 7.83. The van der Waals surface area contributed by atoms with Crippen LogP contribution >= 0.6 is 0 Å². The molecule has 0 saturated carbocycles. The summed E-state index contributed by atoms with van der Waals surface area (Å²) < 4.78 is 17.5. The summed E-state index contributed by atoms with van der Waals surface area (Å²) >= 11 is 0. The molecule has 1 N–H and O–H groups in total. The lowest BCUT2D eigenvalue weighted by Gasteiger charge is -2.30. The molecule has 2 aromatic carbocycles. The number of hydrogen-bond acceptors (Lipinski definition) is 5. The third-order valence-corrected chi connectivity index (χ3v) is 7.83. The summed E-state index contributed by atoms with van der Waals surface area (Å²) in [6.07, 6.45) is 3.39. The Morgan fingerprint density at radius 2 is 1.82 bits per heavy atom. The van der Waals surface area contributed by atoms with Gasteiger partial charge in [-0.3, -0.25) is 4.79 Å². The van der Waals surface area contributed by atoms with Crippen LogP contribution < -0.4 is 10.1 Å². The van der Waals surface area contributed by atoms with Crippen molar-refractivity contribution in [1.29, 1.82) is 0 Å². The number of rotatable bonds is 14. The number of esters is 1. The number of carbonyl (C=O) groups is 2. The standard InChI is InChI=1S/C33H47NO5/c1-7-8-16-37-30-18-26(15-14-24(30)6)17-27(22(2)3)19-29(31-20-28(23(4)5)32(35)39-31)34-33(36)38-21-25-12-10-9-11-13-25/h9-15,18,22-23,27-29,31H,7-8,16-17,19-21H2,1-6H3,(H,34,36)/t27-,28-,29-,31-/m0/s1. The first-order valence-electron chi connectivity index (χ1n) is 14.6. The molecular formula is C33H47NO5. The summed E-state index contributed by atoms with van der Waals surface area (Å²) in [5, 5.41) is 3.07. The van der Waals surface area contributed by atoms with Crippen LogP contribution in [0.5, 0.6) is 5.75 Å². The fourth-order valence-corrected chi connectivity index (χ4v) is 5.12. The van der Waals surface area contributed by atoms with E-state index in [1.54, 1.807) is 0 Å². The second-order valence-corrected chi connectivity index (χ2v) is 11.6. The van der Waals surface area contributed by atoms with Gasteiger partial charge >= 0.3 is 12.1 Å². The predicted molar refractivity (Wildman–Crippen MR) is 155 cm³/mol. The van der Waals surface area contributed by atoms with Gasteiger partial charge in [0, 0.05) is 0 Å². The molecule has 1 aliphatic heterocycles. The number of ether oxygens (including phenoxy) is 3. The van der Waals surface area contributed by atoms with E-state index in [0.717, 1.165) is 42.7 Å². The van der Waals surface area contributed by atoms with E-state index in [4.69, 9.17) is 14.2 Å². The average molecular weight is 538 g/mol. The van der Waals surface area contributed by atoms with Gasteiger partial charge in [0.15, 0.2) is 0 Å². The van der Waals surface area contributed by atoms with Crippen molar-refractivity contribution in [3.8, 4) is 5.75 Å². The van der Waals surface area contributed by atoms with Crippen LogP contribution in [0.1, 0.15) is 77.0 Å². The molecule has 1 saturated heterocycles.